The van der Waals surface area contributed by atoms with Gasteiger partial charge in [-0.15, -0.1) is 6.42 Å². The molecule has 0 atom stereocenters. The average Bonchev–Trinajstić information content (AvgIpc) is 2.62. The van der Waals surface area contributed by atoms with Gasteiger partial charge in [0.1, 0.15) is 11.5 Å². The molecule has 0 fully saturated rings. The summed E-state index contributed by atoms with van der Waals surface area (Å²) in [6, 6.07) is 5.56. The molecule has 0 saturated heterocycles. The first kappa shape index (κ1) is 12.0. The van der Waals surface area contributed by atoms with Crippen molar-refractivity contribution in [2.24, 2.45) is 0 Å². The van der Waals surface area contributed by atoms with Gasteiger partial charge >= 0.3 is 0 Å². The summed E-state index contributed by atoms with van der Waals surface area (Å²) in [4.78, 5) is 4.24. The summed E-state index contributed by atoms with van der Waals surface area (Å²) in [6.45, 7) is 0.396. The third kappa shape index (κ3) is 2.31. The fourth-order valence-electron chi connectivity index (χ4n) is 1.51. The topological polar surface area (TPSA) is 43.8 Å². The molecule has 5 heteroatoms. The van der Waals surface area contributed by atoms with E-state index in [1.807, 2.05) is 12.1 Å². The summed E-state index contributed by atoms with van der Waals surface area (Å²) >= 11 is 9.50. The van der Waals surface area contributed by atoms with E-state index in [-0.39, 0.29) is 0 Å². The van der Waals surface area contributed by atoms with Crippen molar-refractivity contribution < 1.29 is 0 Å². The lowest BCUT2D eigenvalue weighted by atomic mass is 10.1. The Hall–Kier alpha value is -1.44. The third-order valence-corrected chi connectivity index (χ3v) is 3.13. The van der Waals surface area contributed by atoms with Crippen molar-refractivity contribution in [1.29, 1.82) is 0 Å². The molecule has 86 valence electrons. The molecular weight excluding hydrogens is 302 g/mol. The fourth-order valence-corrected chi connectivity index (χ4v) is 2.27. The second kappa shape index (κ2) is 4.82. The highest BCUT2D eigenvalue weighted by Crippen LogP contribution is 2.32. The van der Waals surface area contributed by atoms with Crippen molar-refractivity contribution in [3.63, 3.8) is 0 Å². The van der Waals surface area contributed by atoms with E-state index < -0.39 is 0 Å². The van der Waals surface area contributed by atoms with E-state index in [9.17, 15) is 0 Å². The summed E-state index contributed by atoms with van der Waals surface area (Å²) in [5, 5.41) is 0.594. The second-order valence-corrected chi connectivity index (χ2v) is 4.76. The van der Waals surface area contributed by atoms with E-state index in [0.717, 1.165) is 10.0 Å². The normalized spacial score (nSPS) is 10.2. The van der Waals surface area contributed by atoms with Crippen molar-refractivity contribution >= 4 is 33.3 Å². The van der Waals surface area contributed by atoms with Crippen LogP contribution in [0.2, 0.25) is 5.02 Å². The molecule has 1 aromatic heterocycles. The highest BCUT2D eigenvalue weighted by molar-refractivity contribution is 9.10. The minimum atomic E-state index is 0.396. The SMILES string of the molecule is C#CCn1cnc(-c2ccc(Br)cc2Cl)c1N. The van der Waals surface area contributed by atoms with Crippen LogP contribution in [0.3, 0.4) is 0 Å². The molecule has 2 N–H and O–H groups in total. The van der Waals surface area contributed by atoms with Crippen LogP contribution in [-0.2, 0) is 6.54 Å². The Morgan fingerprint density at radius 2 is 2.29 bits per heavy atom. The summed E-state index contributed by atoms with van der Waals surface area (Å²) in [7, 11) is 0. The predicted molar refractivity (Wildman–Crippen MR) is 73.6 cm³/mol. The van der Waals surface area contributed by atoms with Crippen LogP contribution < -0.4 is 5.73 Å². The first-order chi connectivity index (χ1) is 8.13. The number of nitrogen functional groups attached to an aromatic ring is 1. The van der Waals surface area contributed by atoms with Crippen molar-refractivity contribution in [3.05, 3.63) is 34.0 Å². The highest BCUT2D eigenvalue weighted by Gasteiger charge is 2.12. The number of aromatic nitrogens is 2. The van der Waals surface area contributed by atoms with Crippen molar-refractivity contribution in [2.75, 3.05) is 5.73 Å². The van der Waals surface area contributed by atoms with Crippen LogP contribution in [0.5, 0.6) is 0 Å². The lowest BCUT2D eigenvalue weighted by Crippen LogP contribution is -2.00. The lowest BCUT2D eigenvalue weighted by Gasteiger charge is -2.04. The number of nitrogens with zero attached hydrogens (tertiary/aromatic N) is 2. The van der Waals surface area contributed by atoms with E-state index in [1.54, 1.807) is 17.0 Å². The van der Waals surface area contributed by atoms with Gasteiger partial charge in [0.15, 0.2) is 0 Å². The van der Waals surface area contributed by atoms with Gasteiger partial charge in [0.2, 0.25) is 0 Å². The molecule has 0 radical (unpaired) electrons. The predicted octanol–water partition coefficient (Wildman–Crippen LogP) is 3.18. The van der Waals surface area contributed by atoms with Gasteiger partial charge in [-0.05, 0) is 12.1 Å². The molecule has 0 amide bonds. The van der Waals surface area contributed by atoms with Crippen molar-refractivity contribution in [2.45, 2.75) is 6.54 Å². The minimum Gasteiger partial charge on any atom is -0.383 e. The zero-order valence-electron chi connectivity index (χ0n) is 8.82. The number of halogens is 2. The Morgan fingerprint density at radius 1 is 1.53 bits per heavy atom. The van der Waals surface area contributed by atoms with Gasteiger partial charge in [0.05, 0.1) is 17.9 Å². The maximum atomic E-state index is 6.15. The van der Waals surface area contributed by atoms with Crippen LogP contribution in [0.15, 0.2) is 29.0 Å². The minimum absolute atomic E-state index is 0.396. The number of nitrogens with two attached hydrogens (primary N) is 1. The van der Waals surface area contributed by atoms with Crippen molar-refractivity contribution in [1.82, 2.24) is 9.55 Å². The first-order valence-corrected chi connectivity index (χ1v) is 6.00. The molecule has 1 heterocycles. The van der Waals surface area contributed by atoms with Gasteiger partial charge in [-0.2, -0.15) is 0 Å². The van der Waals surface area contributed by atoms with E-state index >= 15 is 0 Å². The summed E-state index contributed by atoms with van der Waals surface area (Å²) in [5.74, 6) is 3.04. The van der Waals surface area contributed by atoms with Gasteiger partial charge in [-0.3, -0.25) is 0 Å². The smallest absolute Gasteiger partial charge is 0.132 e. The van der Waals surface area contributed by atoms with E-state index in [1.165, 1.54) is 0 Å². The largest absolute Gasteiger partial charge is 0.383 e. The molecule has 0 aliphatic heterocycles. The van der Waals surface area contributed by atoms with Crippen molar-refractivity contribution in [3.8, 4) is 23.6 Å². The number of anilines is 1. The van der Waals surface area contributed by atoms with Crippen LogP contribution in [0.25, 0.3) is 11.3 Å². The van der Waals surface area contributed by atoms with Crippen LogP contribution in [0, 0.1) is 12.3 Å². The first-order valence-electron chi connectivity index (χ1n) is 4.83. The molecule has 0 aliphatic carbocycles. The van der Waals surface area contributed by atoms with Gasteiger partial charge < -0.3 is 10.3 Å². The Balaban J connectivity index is 2.50. The second-order valence-electron chi connectivity index (χ2n) is 3.43. The molecule has 0 unspecified atom stereocenters. The van der Waals surface area contributed by atoms with E-state index in [4.69, 9.17) is 23.8 Å². The summed E-state index contributed by atoms with van der Waals surface area (Å²) in [6.07, 6.45) is 6.85. The Morgan fingerprint density at radius 3 is 2.94 bits per heavy atom. The fraction of sp³-hybridized carbons (Fsp3) is 0.0833. The quantitative estimate of drug-likeness (QED) is 0.866. The van der Waals surface area contributed by atoms with Crippen LogP contribution in [0.4, 0.5) is 5.82 Å². The van der Waals surface area contributed by atoms with Crippen LogP contribution >= 0.6 is 27.5 Å². The van der Waals surface area contributed by atoms with E-state index in [0.29, 0.717) is 23.1 Å². The number of imidazole rings is 1. The zero-order chi connectivity index (χ0) is 12.4. The Bertz CT molecular complexity index is 598. The maximum Gasteiger partial charge on any atom is 0.132 e. The van der Waals surface area contributed by atoms with Gasteiger partial charge in [0.25, 0.3) is 0 Å². The molecule has 3 nitrogen and oxygen atoms in total. The van der Waals surface area contributed by atoms with E-state index in [2.05, 4.69) is 26.8 Å². The molecule has 17 heavy (non-hydrogen) atoms. The number of hydrogen-bond acceptors (Lipinski definition) is 2. The number of benzene rings is 1. The molecule has 0 saturated carbocycles. The summed E-state index contributed by atoms with van der Waals surface area (Å²) < 4.78 is 2.61. The molecule has 0 aliphatic rings. The highest BCUT2D eigenvalue weighted by atomic mass is 79.9. The summed E-state index contributed by atoms with van der Waals surface area (Å²) in [5.41, 5.74) is 7.41. The monoisotopic (exact) mass is 309 g/mol. The Labute approximate surface area is 113 Å². The number of terminal acetylenes is 1. The number of hydrogen-bond donors (Lipinski definition) is 1. The third-order valence-electron chi connectivity index (χ3n) is 2.33. The van der Waals surface area contributed by atoms with Gasteiger partial charge in [-0.25, -0.2) is 4.98 Å². The van der Waals surface area contributed by atoms with Crippen LogP contribution in [0.1, 0.15) is 0 Å². The molecule has 0 spiro atoms. The van der Waals surface area contributed by atoms with Gasteiger partial charge in [0, 0.05) is 10.0 Å². The van der Waals surface area contributed by atoms with Crippen LogP contribution in [-0.4, -0.2) is 9.55 Å². The standard InChI is InChI=1S/C12H9BrClN3/c1-2-5-17-7-16-11(12(17)15)9-4-3-8(13)6-10(9)14/h1,3-4,6-7H,5,15H2. The average molecular weight is 311 g/mol. The molecule has 2 rings (SSSR count). The Kier molecular flexibility index (Phi) is 3.41. The van der Waals surface area contributed by atoms with Gasteiger partial charge in [-0.1, -0.05) is 39.5 Å². The lowest BCUT2D eigenvalue weighted by molar-refractivity contribution is 0.852. The zero-order valence-corrected chi connectivity index (χ0v) is 11.2. The molecule has 1 aromatic carbocycles. The molecular formula is C12H9BrClN3. The number of rotatable bonds is 2. The molecule has 2 aromatic rings. The maximum absolute atomic E-state index is 6.15. The molecule has 0 bridgehead atoms.